The fourth-order valence-electron chi connectivity index (χ4n) is 7.25. The van der Waals surface area contributed by atoms with Crippen molar-refractivity contribution < 1.29 is 33.5 Å². The lowest BCUT2D eigenvalue weighted by Gasteiger charge is -2.37. The highest BCUT2D eigenvalue weighted by Gasteiger charge is 2.45. The maximum absolute atomic E-state index is 13.3. The molecule has 1 unspecified atom stereocenters. The summed E-state index contributed by atoms with van der Waals surface area (Å²) >= 11 is 0. The van der Waals surface area contributed by atoms with Crippen LogP contribution in [-0.4, -0.2) is 95.1 Å². The van der Waals surface area contributed by atoms with E-state index in [4.69, 9.17) is 4.74 Å². The number of ether oxygens (including phenoxy) is 1. The van der Waals surface area contributed by atoms with Crippen molar-refractivity contribution in [2.75, 3.05) is 41.3 Å². The number of amides is 6. The quantitative estimate of drug-likeness (QED) is 0.255. The normalized spacial score (nSPS) is 21.9. The first-order chi connectivity index (χ1) is 24.5. The van der Waals surface area contributed by atoms with Crippen LogP contribution in [0.4, 0.5) is 22.0 Å². The largest absolute Gasteiger partial charge is 0.446 e. The molecule has 3 fully saturated rings. The molecule has 4 heterocycles. The van der Waals surface area contributed by atoms with Gasteiger partial charge in [0.25, 0.3) is 17.7 Å². The number of piperidine rings is 1. The van der Waals surface area contributed by atoms with Gasteiger partial charge in [-0.25, -0.2) is 4.79 Å². The van der Waals surface area contributed by atoms with Gasteiger partial charge in [0, 0.05) is 73.3 Å². The number of alkyl carbamates (subject to hydrolysis) is 1. The lowest BCUT2D eigenvalue weighted by Crippen LogP contribution is -2.54. The number of hydrogen-bond acceptors (Lipinski definition) is 10. The second kappa shape index (κ2) is 13.9. The van der Waals surface area contributed by atoms with E-state index in [1.807, 2.05) is 38.1 Å². The molecule has 15 nitrogen and oxygen atoms in total. The molecule has 0 radical (unpaired) electrons. The number of fused-ring (bicyclic) bond motifs is 1. The van der Waals surface area contributed by atoms with Crippen molar-refractivity contribution >= 4 is 52.8 Å². The topological polar surface area (TPSA) is 186 Å². The Morgan fingerprint density at radius 2 is 1.55 bits per heavy atom. The van der Waals surface area contributed by atoms with Crippen LogP contribution in [0.5, 0.6) is 0 Å². The van der Waals surface area contributed by atoms with Crippen LogP contribution >= 0.6 is 0 Å². The van der Waals surface area contributed by atoms with Crippen molar-refractivity contribution in [2.24, 2.45) is 0 Å². The number of aromatic amines is 1. The fraction of sp³-hybridized carbons (Fsp3) is 0.417. The molecule has 3 atom stereocenters. The Hall–Kier alpha value is -5.73. The Bertz CT molecular complexity index is 1880. The SMILES string of the molecule is CC(C)NC(=O)O[C@@H]1CC[C@H](c2cc(NC(=O)c3ccc(N4CCN(c5ccc6c(c5)C(=O)N(C5CCC(=O)NC5=O)C6=O)CC4)cc3)n[nH]2)C1. The van der Waals surface area contributed by atoms with E-state index in [1.165, 1.54) is 0 Å². The summed E-state index contributed by atoms with van der Waals surface area (Å²) in [5.41, 5.74) is 3.69. The molecule has 0 bridgehead atoms. The van der Waals surface area contributed by atoms with E-state index in [9.17, 15) is 28.8 Å². The highest BCUT2D eigenvalue weighted by Crippen LogP contribution is 2.36. The summed E-state index contributed by atoms with van der Waals surface area (Å²) in [6.07, 6.45) is 1.93. The molecule has 4 aliphatic rings. The van der Waals surface area contributed by atoms with E-state index in [-0.39, 0.29) is 47.9 Å². The van der Waals surface area contributed by atoms with Gasteiger partial charge in [0.2, 0.25) is 11.8 Å². The first-order valence-electron chi connectivity index (χ1n) is 17.3. The minimum absolute atomic E-state index is 0.0119. The summed E-state index contributed by atoms with van der Waals surface area (Å²) in [5, 5.41) is 15.1. The summed E-state index contributed by atoms with van der Waals surface area (Å²) in [5.74, 6) is -1.78. The van der Waals surface area contributed by atoms with E-state index in [1.54, 1.807) is 24.3 Å². The van der Waals surface area contributed by atoms with E-state index in [0.29, 0.717) is 44.0 Å². The maximum Gasteiger partial charge on any atom is 0.407 e. The van der Waals surface area contributed by atoms with Crippen molar-refractivity contribution in [2.45, 2.75) is 70.1 Å². The number of benzene rings is 2. The zero-order chi connectivity index (χ0) is 35.8. The van der Waals surface area contributed by atoms with E-state index >= 15 is 0 Å². The monoisotopic (exact) mass is 696 g/mol. The number of imide groups is 2. The molecule has 4 N–H and O–H groups in total. The van der Waals surface area contributed by atoms with E-state index < -0.39 is 35.8 Å². The van der Waals surface area contributed by atoms with Gasteiger partial charge in [0.1, 0.15) is 12.1 Å². The van der Waals surface area contributed by atoms with Crippen molar-refractivity contribution in [1.82, 2.24) is 25.7 Å². The Balaban J connectivity index is 0.906. The molecule has 51 heavy (non-hydrogen) atoms. The molecule has 1 saturated carbocycles. The summed E-state index contributed by atoms with van der Waals surface area (Å²) in [7, 11) is 0. The molecule has 3 aromatic rings. The van der Waals surface area contributed by atoms with Gasteiger partial charge >= 0.3 is 6.09 Å². The average molecular weight is 697 g/mol. The Morgan fingerprint density at radius 1 is 0.863 bits per heavy atom. The first kappa shape index (κ1) is 33.8. The number of carbonyl (C=O) groups excluding carboxylic acids is 6. The van der Waals surface area contributed by atoms with Crippen LogP contribution in [0, 0.1) is 0 Å². The molecule has 1 aromatic heterocycles. The summed E-state index contributed by atoms with van der Waals surface area (Å²) in [4.78, 5) is 80.6. The number of nitrogens with one attached hydrogen (secondary N) is 4. The zero-order valence-electron chi connectivity index (χ0n) is 28.4. The smallest absolute Gasteiger partial charge is 0.407 e. The Morgan fingerprint density at radius 3 is 2.25 bits per heavy atom. The van der Waals surface area contributed by atoms with Crippen LogP contribution < -0.4 is 25.8 Å². The molecule has 1 aliphatic carbocycles. The highest BCUT2D eigenvalue weighted by atomic mass is 16.6. The fourth-order valence-corrected chi connectivity index (χ4v) is 7.25. The second-order valence-corrected chi connectivity index (χ2v) is 13.7. The van der Waals surface area contributed by atoms with Crippen LogP contribution in [0.2, 0.25) is 0 Å². The lowest BCUT2D eigenvalue weighted by atomic mass is 10.0. The van der Waals surface area contributed by atoms with Gasteiger partial charge in [-0.05, 0) is 82.0 Å². The van der Waals surface area contributed by atoms with Gasteiger partial charge < -0.3 is 25.2 Å². The third-order valence-corrected chi connectivity index (χ3v) is 9.91. The maximum atomic E-state index is 13.3. The molecule has 3 aliphatic heterocycles. The number of nitrogens with zero attached hydrogens (tertiary/aromatic N) is 4. The molecule has 15 heteroatoms. The number of H-pyrrole nitrogens is 1. The Kier molecular flexibility index (Phi) is 9.19. The van der Waals surface area contributed by atoms with Gasteiger partial charge in [-0.1, -0.05) is 0 Å². The predicted octanol–water partition coefficient (Wildman–Crippen LogP) is 3.16. The van der Waals surface area contributed by atoms with E-state index in [2.05, 4.69) is 35.9 Å². The second-order valence-electron chi connectivity index (χ2n) is 13.7. The van der Waals surface area contributed by atoms with Gasteiger partial charge in [0.15, 0.2) is 5.82 Å². The van der Waals surface area contributed by atoms with Crippen LogP contribution in [-0.2, 0) is 14.3 Å². The molecular formula is C36H40N8O7. The third kappa shape index (κ3) is 7.00. The standard InChI is InChI=1S/C36H40N8O7/c1-20(2)37-36(50)51-25-9-5-22(17-25)28-19-30(41-40-28)38-32(46)21-3-6-23(7-4-21)42-13-15-43(16-14-42)24-8-10-26-27(18-24)35(49)44(34(26)48)29-11-12-31(45)39-33(29)47/h3-4,6-8,10,18-20,22,25,29H,5,9,11-17H2,1-2H3,(H,37,50)(H,39,45,47)(H2,38,40,41,46)/t22-,25+,29?/m0/s1. The van der Waals surface area contributed by atoms with Crippen LogP contribution in [0.25, 0.3) is 0 Å². The van der Waals surface area contributed by atoms with Crippen LogP contribution in [0.15, 0.2) is 48.5 Å². The van der Waals surface area contributed by atoms with Crippen molar-refractivity contribution in [1.29, 1.82) is 0 Å². The van der Waals surface area contributed by atoms with Crippen molar-refractivity contribution in [3.05, 3.63) is 70.9 Å². The van der Waals surface area contributed by atoms with Crippen molar-refractivity contribution in [3.8, 4) is 0 Å². The third-order valence-electron chi connectivity index (χ3n) is 9.91. The average Bonchev–Trinajstić information content (AvgIpc) is 3.83. The lowest BCUT2D eigenvalue weighted by molar-refractivity contribution is -0.136. The number of hydrogen-bond donors (Lipinski definition) is 4. The van der Waals surface area contributed by atoms with Crippen LogP contribution in [0.1, 0.15) is 88.6 Å². The molecule has 2 aromatic carbocycles. The minimum Gasteiger partial charge on any atom is -0.446 e. The molecular weight excluding hydrogens is 656 g/mol. The number of rotatable bonds is 8. The van der Waals surface area contributed by atoms with Crippen LogP contribution in [0.3, 0.4) is 0 Å². The van der Waals surface area contributed by atoms with Gasteiger partial charge in [-0.2, -0.15) is 5.10 Å². The number of piperazine rings is 1. The molecule has 0 spiro atoms. The Labute approximate surface area is 294 Å². The number of aromatic nitrogens is 2. The highest BCUT2D eigenvalue weighted by molar-refractivity contribution is 6.23. The van der Waals surface area contributed by atoms with Crippen molar-refractivity contribution in [3.63, 3.8) is 0 Å². The zero-order valence-corrected chi connectivity index (χ0v) is 28.4. The summed E-state index contributed by atoms with van der Waals surface area (Å²) < 4.78 is 5.53. The summed E-state index contributed by atoms with van der Waals surface area (Å²) in [6.45, 7) is 6.50. The minimum atomic E-state index is -0.999. The first-order valence-corrected chi connectivity index (χ1v) is 17.3. The van der Waals surface area contributed by atoms with Gasteiger partial charge in [-0.15, -0.1) is 0 Å². The number of anilines is 3. The molecule has 2 saturated heterocycles. The molecule has 7 rings (SSSR count). The molecule has 266 valence electrons. The van der Waals surface area contributed by atoms with Gasteiger partial charge in [0.05, 0.1) is 11.1 Å². The molecule has 6 amide bonds. The van der Waals surface area contributed by atoms with Gasteiger partial charge in [-0.3, -0.25) is 39.3 Å². The predicted molar refractivity (Wildman–Crippen MR) is 186 cm³/mol. The van der Waals surface area contributed by atoms with E-state index in [0.717, 1.165) is 34.8 Å². The number of carbonyl (C=O) groups is 6. The summed E-state index contributed by atoms with van der Waals surface area (Å²) in [6, 6.07) is 13.4.